The lowest BCUT2D eigenvalue weighted by Crippen LogP contribution is -2.35. The maximum Gasteiger partial charge on any atom is 0.255 e. The highest BCUT2D eigenvalue weighted by Crippen LogP contribution is 2.31. The fraction of sp³-hybridized carbons (Fsp3) is 0.368. The molecule has 1 aromatic carbocycles. The fourth-order valence-corrected chi connectivity index (χ4v) is 2.97. The average molecular weight is 341 g/mol. The van der Waals surface area contributed by atoms with Crippen molar-refractivity contribution in [1.29, 1.82) is 0 Å². The highest BCUT2D eigenvalue weighted by molar-refractivity contribution is 5.95. The Balaban J connectivity index is 1.81. The van der Waals surface area contributed by atoms with Crippen molar-refractivity contribution in [1.82, 2.24) is 9.88 Å². The van der Waals surface area contributed by atoms with Crippen molar-refractivity contribution in [2.24, 2.45) is 0 Å². The van der Waals surface area contributed by atoms with Crippen LogP contribution in [0.15, 0.2) is 36.7 Å². The maximum absolute atomic E-state index is 12.6. The Morgan fingerprint density at radius 2 is 1.88 bits per heavy atom. The van der Waals surface area contributed by atoms with Gasteiger partial charge in [0, 0.05) is 25.4 Å². The second-order valence-electron chi connectivity index (χ2n) is 6.01. The molecule has 1 aliphatic rings. The van der Waals surface area contributed by atoms with E-state index in [2.05, 4.69) is 10.3 Å². The predicted molar refractivity (Wildman–Crippen MR) is 96.8 cm³/mol. The third-order valence-corrected chi connectivity index (χ3v) is 4.31. The molecule has 0 unspecified atom stereocenters. The zero-order chi connectivity index (χ0) is 17.6. The summed E-state index contributed by atoms with van der Waals surface area (Å²) in [6, 6.07) is 7.33. The van der Waals surface area contributed by atoms with Gasteiger partial charge in [-0.1, -0.05) is 0 Å². The number of amides is 1. The van der Waals surface area contributed by atoms with Crippen molar-refractivity contribution in [3.63, 3.8) is 0 Å². The molecule has 132 valence electrons. The van der Waals surface area contributed by atoms with Crippen LogP contribution in [0.2, 0.25) is 0 Å². The van der Waals surface area contributed by atoms with Gasteiger partial charge in [0.25, 0.3) is 5.91 Å². The van der Waals surface area contributed by atoms with Crippen LogP contribution >= 0.6 is 0 Å². The molecule has 1 amide bonds. The molecule has 0 bridgehead atoms. The molecule has 0 spiro atoms. The van der Waals surface area contributed by atoms with Crippen molar-refractivity contribution in [2.75, 3.05) is 32.6 Å². The highest BCUT2D eigenvalue weighted by Gasteiger charge is 2.18. The second kappa shape index (κ2) is 7.88. The topological polar surface area (TPSA) is 63.7 Å². The van der Waals surface area contributed by atoms with E-state index in [1.54, 1.807) is 26.6 Å². The monoisotopic (exact) mass is 341 g/mol. The van der Waals surface area contributed by atoms with Crippen LogP contribution in [0, 0.1) is 0 Å². The Morgan fingerprint density at radius 1 is 1.08 bits per heavy atom. The van der Waals surface area contributed by atoms with Crippen LogP contribution in [0.3, 0.4) is 0 Å². The van der Waals surface area contributed by atoms with Crippen molar-refractivity contribution in [2.45, 2.75) is 19.3 Å². The standard InChI is InChI=1S/C19H23N3O3/c1-24-16-6-7-18(25-2)17(11-16)21-15-10-14(12-20-13-15)19(23)22-8-4-3-5-9-22/h6-7,10-13,21H,3-5,8-9H2,1-2H3. The molecule has 1 fully saturated rings. The Morgan fingerprint density at radius 3 is 2.60 bits per heavy atom. The Bertz CT molecular complexity index is 742. The van der Waals surface area contributed by atoms with Gasteiger partial charge in [0.2, 0.25) is 0 Å². The van der Waals surface area contributed by atoms with Gasteiger partial charge in [-0.25, -0.2) is 0 Å². The number of pyridine rings is 1. The normalized spacial score (nSPS) is 14.1. The summed E-state index contributed by atoms with van der Waals surface area (Å²) in [5, 5.41) is 3.26. The van der Waals surface area contributed by atoms with Crippen LogP contribution in [0.5, 0.6) is 11.5 Å². The minimum atomic E-state index is 0.0356. The largest absolute Gasteiger partial charge is 0.497 e. The van der Waals surface area contributed by atoms with Crippen LogP contribution in [0.1, 0.15) is 29.6 Å². The van der Waals surface area contributed by atoms with E-state index in [9.17, 15) is 4.79 Å². The van der Waals surface area contributed by atoms with Crippen molar-refractivity contribution in [3.8, 4) is 11.5 Å². The highest BCUT2D eigenvalue weighted by atomic mass is 16.5. The number of ether oxygens (including phenoxy) is 2. The number of carbonyl (C=O) groups excluding carboxylic acids is 1. The number of methoxy groups -OCH3 is 2. The van der Waals surface area contributed by atoms with E-state index < -0.39 is 0 Å². The number of nitrogens with one attached hydrogen (secondary N) is 1. The van der Waals surface area contributed by atoms with Crippen LogP contribution in [-0.2, 0) is 0 Å². The molecular formula is C19H23N3O3. The average Bonchev–Trinajstić information content (AvgIpc) is 2.68. The number of benzene rings is 1. The van der Waals surface area contributed by atoms with E-state index in [0.717, 1.165) is 43.1 Å². The van der Waals surface area contributed by atoms with Gasteiger partial charge in [-0.2, -0.15) is 0 Å². The first-order valence-electron chi connectivity index (χ1n) is 8.44. The third kappa shape index (κ3) is 4.02. The van der Waals surface area contributed by atoms with Gasteiger partial charge in [0.15, 0.2) is 0 Å². The lowest BCUT2D eigenvalue weighted by atomic mass is 10.1. The molecule has 2 aromatic rings. The third-order valence-electron chi connectivity index (χ3n) is 4.31. The molecule has 1 saturated heterocycles. The number of hydrogen-bond acceptors (Lipinski definition) is 5. The molecule has 2 heterocycles. The first kappa shape index (κ1) is 17.1. The van der Waals surface area contributed by atoms with Gasteiger partial charge >= 0.3 is 0 Å². The molecule has 6 heteroatoms. The minimum Gasteiger partial charge on any atom is -0.497 e. The summed E-state index contributed by atoms with van der Waals surface area (Å²) in [6.45, 7) is 1.64. The molecule has 3 rings (SSSR count). The number of anilines is 2. The molecule has 0 radical (unpaired) electrons. The van der Waals surface area contributed by atoms with E-state index in [4.69, 9.17) is 9.47 Å². The van der Waals surface area contributed by atoms with Gasteiger partial charge in [-0.15, -0.1) is 0 Å². The molecule has 1 aromatic heterocycles. The first-order chi connectivity index (χ1) is 12.2. The van der Waals surface area contributed by atoms with Gasteiger partial charge in [0.05, 0.1) is 37.4 Å². The molecule has 1 aliphatic heterocycles. The van der Waals surface area contributed by atoms with E-state index in [-0.39, 0.29) is 5.91 Å². The van der Waals surface area contributed by atoms with Crippen molar-refractivity contribution < 1.29 is 14.3 Å². The molecule has 6 nitrogen and oxygen atoms in total. The zero-order valence-corrected chi connectivity index (χ0v) is 14.6. The van der Waals surface area contributed by atoms with Crippen LogP contribution in [0.4, 0.5) is 11.4 Å². The number of nitrogens with zero attached hydrogens (tertiary/aromatic N) is 2. The summed E-state index contributed by atoms with van der Waals surface area (Å²) < 4.78 is 10.6. The number of aromatic nitrogens is 1. The minimum absolute atomic E-state index is 0.0356. The fourth-order valence-electron chi connectivity index (χ4n) is 2.97. The number of hydrogen-bond donors (Lipinski definition) is 1. The first-order valence-corrected chi connectivity index (χ1v) is 8.44. The van der Waals surface area contributed by atoms with Gasteiger partial charge < -0.3 is 19.7 Å². The molecule has 0 atom stereocenters. The van der Waals surface area contributed by atoms with Crippen molar-refractivity contribution >= 4 is 17.3 Å². The number of rotatable bonds is 5. The van der Waals surface area contributed by atoms with Gasteiger partial charge in [-0.05, 0) is 37.5 Å². The zero-order valence-electron chi connectivity index (χ0n) is 14.6. The summed E-state index contributed by atoms with van der Waals surface area (Å²) in [6.07, 6.45) is 6.63. The van der Waals surface area contributed by atoms with E-state index in [1.165, 1.54) is 6.42 Å². The molecule has 0 aliphatic carbocycles. The number of carbonyl (C=O) groups is 1. The molecule has 0 saturated carbocycles. The maximum atomic E-state index is 12.6. The number of likely N-dealkylation sites (tertiary alicyclic amines) is 1. The molecular weight excluding hydrogens is 318 g/mol. The smallest absolute Gasteiger partial charge is 0.255 e. The summed E-state index contributed by atoms with van der Waals surface area (Å²) >= 11 is 0. The van der Waals surface area contributed by atoms with Crippen LogP contribution in [-0.4, -0.2) is 43.1 Å². The van der Waals surface area contributed by atoms with E-state index >= 15 is 0 Å². The summed E-state index contributed by atoms with van der Waals surface area (Å²) in [4.78, 5) is 18.8. The molecule has 1 N–H and O–H groups in total. The molecule has 25 heavy (non-hydrogen) atoms. The predicted octanol–water partition coefficient (Wildman–Crippen LogP) is 3.47. The Hall–Kier alpha value is -2.76. The van der Waals surface area contributed by atoms with Gasteiger partial charge in [-0.3, -0.25) is 9.78 Å². The quantitative estimate of drug-likeness (QED) is 0.902. The summed E-state index contributed by atoms with van der Waals surface area (Å²) in [7, 11) is 3.23. The van der Waals surface area contributed by atoms with E-state index in [1.807, 2.05) is 29.2 Å². The number of piperidine rings is 1. The Labute approximate surface area is 147 Å². The summed E-state index contributed by atoms with van der Waals surface area (Å²) in [5.74, 6) is 1.44. The summed E-state index contributed by atoms with van der Waals surface area (Å²) in [5.41, 5.74) is 2.08. The second-order valence-corrected chi connectivity index (χ2v) is 6.01. The lowest BCUT2D eigenvalue weighted by Gasteiger charge is -2.26. The van der Waals surface area contributed by atoms with Gasteiger partial charge in [0.1, 0.15) is 11.5 Å². The lowest BCUT2D eigenvalue weighted by molar-refractivity contribution is 0.0724. The SMILES string of the molecule is COc1ccc(OC)c(Nc2cncc(C(=O)N3CCCCC3)c2)c1. The van der Waals surface area contributed by atoms with Crippen LogP contribution in [0.25, 0.3) is 0 Å². The van der Waals surface area contributed by atoms with Crippen molar-refractivity contribution in [3.05, 3.63) is 42.2 Å². The van der Waals surface area contributed by atoms with E-state index in [0.29, 0.717) is 11.3 Å². The Kier molecular flexibility index (Phi) is 5.38. The van der Waals surface area contributed by atoms with Crippen LogP contribution < -0.4 is 14.8 Å².